The van der Waals surface area contributed by atoms with E-state index in [1.54, 1.807) is 12.1 Å². The predicted octanol–water partition coefficient (Wildman–Crippen LogP) is 2.63. The molecule has 2 heterocycles. The van der Waals surface area contributed by atoms with Crippen molar-refractivity contribution in [2.24, 2.45) is 0 Å². The average Bonchev–Trinajstić information content (AvgIpc) is 2.76. The Balaban J connectivity index is 2.27. The van der Waals surface area contributed by atoms with Gasteiger partial charge in [0.2, 0.25) is 0 Å². The Hall–Kier alpha value is -1.69. The van der Waals surface area contributed by atoms with Crippen LogP contribution in [0.4, 0.5) is 5.69 Å². The summed E-state index contributed by atoms with van der Waals surface area (Å²) in [5.41, 5.74) is 8.42. The second kappa shape index (κ2) is 6.17. The van der Waals surface area contributed by atoms with Gasteiger partial charge in [-0.2, -0.15) is 5.10 Å². The van der Waals surface area contributed by atoms with Crippen molar-refractivity contribution in [2.45, 2.75) is 33.2 Å². The molecule has 106 valence electrons. The fourth-order valence-corrected chi connectivity index (χ4v) is 2.70. The summed E-state index contributed by atoms with van der Waals surface area (Å²) in [5, 5.41) is 4.48. The van der Waals surface area contributed by atoms with Gasteiger partial charge >= 0.3 is 0 Å². The van der Waals surface area contributed by atoms with E-state index in [-0.39, 0.29) is 12.2 Å². The normalized spacial score (nSPS) is 10.8. The highest BCUT2D eigenvalue weighted by molar-refractivity contribution is 9.10. The van der Waals surface area contributed by atoms with Crippen LogP contribution in [0.25, 0.3) is 0 Å². The molecular weight excluding hydrogens is 320 g/mol. The Labute approximate surface area is 126 Å². The molecule has 0 amide bonds. The molecule has 6 heteroatoms. The van der Waals surface area contributed by atoms with Crippen molar-refractivity contribution >= 4 is 27.4 Å². The van der Waals surface area contributed by atoms with Gasteiger partial charge in [-0.3, -0.25) is 14.5 Å². The monoisotopic (exact) mass is 336 g/mol. The zero-order chi connectivity index (χ0) is 14.7. The van der Waals surface area contributed by atoms with E-state index < -0.39 is 0 Å². The Morgan fingerprint density at radius 1 is 1.40 bits per heavy atom. The summed E-state index contributed by atoms with van der Waals surface area (Å²) >= 11 is 3.54. The van der Waals surface area contributed by atoms with Crippen LogP contribution in [-0.4, -0.2) is 20.5 Å². The maximum atomic E-state index is 12.3. The molecular formula is C14H17BrN4O. The first-order valence-electron chi connectivity index (χ1n) is 6.55. The molecule has 0 aliphatic heterocycles. The quantitative estimate of drug-likeness (QED) is 0.851. The van der Waals surface area contributed by atoms with Gasteiger partial charge in [0, 0.05) is 6.54 Å². The minimum absolute atomic E-state index is 0.0389. The van der Waals surface area contributed by atoms with Crippen LogP contribution in [0.1, 0.15) is 35.7 Å². The standard InChI is InChI=1S/C14H17BrN4O/c1-3-10-14(15)12(19(4-2)18-10)7-13(20)11-6-5-9(16)8-17-11/h5-6,8H,3-4,7,16H2,1-2H3. The fourth-order valence-electron chi connectivity index (χ4n) is 2.00. The molecule has 0 radical (unpaired) electrons. The third-order valence-corrected chi connectivity index (χ3v) is 4.01. The number of nitrogen functional groups attached to an aromatic ring is 1. The Morgan fingerprint density at radius 2 is 2.15 bits per heavy atom. The Morgan fingerprint density at radius 3 is 2.70 bits per heavy atom. The molecule has 0 aromatic carbocycles. The number of pyridine rings is 1. The Bertz CT molecular complexity index is 619. The van der Waals surface area contributed by atoms with Crippen molar-refractivity contribution in [2.75, 3.05) is 5.73 Å². The first-order chi connectivity index (χ1) is 9.56. The number of hydrogen-bond acceptors (Lipinski definition) is 4. The van der Waals surface area contributed by atoms with Gasteiger partial charge in [0.1, 0.15) is 5.69 Å². The zero-order valence-electron chi connectivity index (χ0n) is 11.6. The van der Waals surface area contributed by atoms with Gasteiger partial charge in [0.25, 0.3) is 0 Å². The Kier molecular flexibility index (Phi) is 4.54. The number of aryl methyl sites for hydroxylation is 2. The number of hydrogen-bond donors (Lipinski definition) is 1. The molecule has 0 spiro atoms. The van der Waals surface area contributed by atoms with Crippen LogP contribution in [-0.2, 0) is 19.4 Å². The minimum Gasteiger partial charge on any atom is -0.397 e. The summed E-state index contributed by atoms with van der Waals surface area (Å²) in [4.78, 5) is 16.3. The molecule has 5 nitrogen and oxygen atoms in total. The fraction of sp³-hybridized carbons (Fsp3) is 0.357. The molecule has 0 aliphatic rings. The van der Waals surface area contributed by atoms with Crippen molar-refractivity contribution in [3.05, 3.63) is 39.9 Å². The third kappa shape index (κ3) is 2.90. The van der Waals surface area contributed by atoms with Crippen molar-refractivity contribution in [1.82, 2.24) is 14.8 Å². The third-order valence-electron chi connectivity index (χ3n) is 3.09. The van der Waals surface area contributed by atoms with E-state index in [1.165, 1.54) is 6.20 Å². The largest absolute Gasteiger partial charge is 0.397 e. The van der Waals surface area contributed by atoms with Gasteiger partial charge < -0.3 is 5.73 Å². The summed E-state index contributed by atoms with van der Waals surface area (Å²) < 4.78 is 2.78. The van der Waals surface area contributed by atoms with Crippen molar-refractivity contribution in [3.63, 3.8) is 0 Å². The highest BCUT2D eigenvalue weighted by atomic mass is 79.9. The van der Waals surface area contributed by atoms with Crippen molar-refractivity contribution < 1.29 is 4.79 Å². The molecule has 0 atom stereocenters. The lowest BCUT2D eigenvalue weighted by molar-refractivity contribution is 0.0985. The summed E-state index contributed by atoms with van der Waals surface area (Å²) in [5.74, 6) is -0.0389. The second-order valence-corrected chi connectivity index (χ2v) is 5.25. The van der Waals surface area contributed by atoms with E-state index in [9.17, 15) is 4.79 Å². The van der Waals surface area contributed by atoms with Crippen LogP contribution >= 0.6 is 15.9 Å². The molecule has 2 aromatic rings. The number of aromatic nitrogens is 3. The maximum Gasteiger partial charge on any atom is 0.187 e. The zero-order valence-corrected chi connectivity index (χ0v) is 13.1. The number of nitrogens with zero attached hydrogens (tertiary/aromatic N) is 3. The van der Waals surface area contributed by atoms with Gasteiger partial charge in [-0.1, -0.05) is 6.92 Å². The van der Waals surface area contributed by atoms with Gasteiger partial charge in [0.15, 0.2) is 5.78 Å². The molecule has 2 N–H and O–H groups in total. The average molecular weight is 337 g/mol. The lowest BCUT2D eigenvalue weighted by atomic mass is 10.1. The highest BCUT2D eigenvalue weighted by Gasteiger charge is 2.18. The number of anilines is 1. The van der Waals surface area contributed by atoms with E-state index in [0.717, 1.165) is 28.8 Å². The smallest absolute Gasteiger partial charge is 0.187 e. The predicted molar refractivity (Wildman–Crippen MR) is 81.7 cm³/mol. The summed E-state index contributed by atoms with van der Waals surface area (Å²) in [6.07, 6.45) is 2.60. The highest BCUT2D eigenvalue weighted by Crippen LogP contribution is 2.23. The van der Waals surface area contributed by atoms with Crippen LogP contribution in [0.5, 0.6) is 0 Å². The van der Waals surface area contributed by atoms with Crippen LogP contribution in [0.3, 0.4) is 0 Å². The molecule has 2 aromatic heterocycles. The molecule has 0 saturated carbocycles. The molecule has 20 heavy (non-hydrogen) atoms. The van der Waals surface area contributed by atoms with Crippen LogP contribution in [0.2, 0.25) is 0 Å². The maximum absolute atomic E-state index is 12.3. The molecule has 0 saturated heterocycles. The van der Waals surface area contributed by atoms with Crippen LogP contribution in [0.15, 0.2) is 22.8 Å². The topological polar surface area (TPSA) is 73.8 Å². The van der Waals surface area contributed by atoms with Gasteiger partial charge in [-0.05, 0) is 41.4 Å². The van der Waals surface area contributed by atoms with Crippen molar-refractivity contribution in [1.29, 1.82) is 0 Å². The number of Topliss-reactive ketones (excluding diaryl/α,β-unsaturated/α-hetero) is 1. The van der Waals surface area contributed by atoms with Crippen molar-refractivity contribution in [3.8, 4) is 0 Å². The SMILES string of the molecule is CCc1nn(CC)c(CC(=O)c2ccc(N)cn2)c1Br. The molecule has 0 unspecified atom stereocenters. The first kappa shape index (κ1) is 14.7. The lowest BCUT2D eigenvalue weighted by Crippen LogP contribution is -2.11. The molecule has 0 bridgehead atoms. The second-order valence-electron chi connectivity index (χ2n) is 4.45. The number of nitrogens with two attached hydrogens (primary N) is 1. The van der Waals surface area contributed by atoms with E-state index in [2.05, 4.69) is 26.0 Å². The van der Waals surface area contributed by atoms with Crippen LogP contribution in [0, 0.1) is 0 Å². The van der Waals surface area contributed by atoms with E-state index in [4.69, 9.17) is 5.73 Å². The number of halogens is 1. The summed E-state index contributed by atoms with van der Waals surface area (Å²) in [7, 11) is 0. The minimum atomic E-state index is -0.0389. The number of rotatable bonds is 5. The number of carbonyl (C=O) groups excluding carboxylic acids is 1. The molecule has 0 aliphatic carbocycles. The van der Waals surface area contributed by atoms with E-state index in [0.29, 0.717) is 11.4 Å². The molecule has 0 fully saturated rings. The van der Waals surface area contributed by atoms with E-state index in [1.807, 2.05) is 18.5 Å². The summed E-state index contributed by atoms with van der Waals surface area (Å²) in [6.45, 7) is 4.78. The first-order valence-corrected chi connectivity index (χ1v) is 7.34. The van der Waals surface area contributed by atoms with Gasteiger partial charge in [0.05, 0.1) is 34.2 Å². The summed E-state index contributed by atoms with van der Waals surface area (Å²) in [6, 6.07) is 3.34. The molecule has 2 rings (SSSR count). The number of carbonyl (C=O) groups is 1. The van der Waals surface area contributed by atoms with Gasteiger partial charge in [-0.15, -0.1) is 0 Å². The number of ketones is 1. The van der Waals surface area contributed by atoms with E-state index >= 15 is 0 Å². The lowest BCUT2D eigenvalue weighted by Gasteiger charge is -2.05. The van der Waals surface area contributed by atoms with Gasteiger partial charge in [-0.25, -0.2) is 0 Å². The van der Waals surface area contributed by atoms with Crippen LogP contribution < -0.4 is 5.73 Å².